The summed E-state index contributed by atoms with van der Waals surface area (Å²) in [5.41, 5.74) is 2.41. The summed E-state index contributed by atoms with van der Waals surface area (Å²) in [7, 11) is -3.68. The molecule has 0 atom stereocenters. The van der Waals surface area contributed by atoms with Gasteiger partial charge in [-0.1, -0.05) is 0 Å². The minimum Gasteiger partial charge on any atom is -0.317 e. The molecule has 1 aliphatic rings. The number of hydrogen-bond acceptors (Lipinski definition) is 5. The largest absolute Gasteiger partial charge is 0.317 e. The van der Waals surface area contributed by atoms with Gasteiger partial charge in [0, 0.05) is 30.4 Å². The first kappa shape index (κ1) is 15.3. The maximum Gasteiger partial charge on any atom is 0.269 e. The average Bonchev–Trinajstić information content (AvgIpc) is 3.04. The van der Waals surface area contributed by atoms with Gasteiger partial charge in [-0.2, -0.15) is 0 Å². The zero-order chi connectivity index (χ0) is 16.6. The molecule has 0 bridgehead atoms. The Hall–Kier alpha value is -2.25. The molecule has 24 heavy (non-hydrogen) atoms. The van der Waals surface area contributed by atoms with E-state index in [4.69, 9.17) is 0 Å². The molecule has 6 nitrogen and oxygen atoms in total. The Kier molecular flexibility index (Phi) is 3.82. The van der Waals surface area contributed by atoms with Crippen LogP contribution in [0.5, 0.6) is 0 Å². The fourth-order valence-corrected chi connectivity index (χ4v) is 4.63. The van der Waals surface area contributed by atoms with Crippen molar-refractivity contribution >= 4 is 21.1 Å². The van der Waals surface area contributed by atoms with Gasteiger partial charge in [-0.05, 0) is 56.1 Å². The Morgan fingerprint density at radius 1 is 1.12 bits per heavy atom. The van der Waals surface area contributed by atoms with Crippen LogP contribution >= 0.6 is 0 Å². The summed E-state index contributed by atoms with van der Waals surface area (Å²) in [4.78, 5) is 8.58. The molecule has 7 heteroatoms. The van der Waals surface area contributed by atoms with Crippen LogP contribution in [0.2, 0.25) is 0 Å². The maximum atomic E-state index is 13.0. The molecule has 3 aromatic heterocycles. The maximum absolute atomic E-state index is 13.0. The summed E-state index contributed by atoms with van der Waals surface area (Å²) in [5.74, 6) is 0.328. The predicted molar refractivity (Wildman–Crippen MR) is 91.4 cm³/mol. The van der Waals surface area contributed by atoms with Gasteiger partial charge < -0.3 is 5.32 Å². The number of pyridine rings is 2. The van der Waals surface area contributed by atoms with E-state index in [-0.39, 0.29) is 4.90 Å². The minimum atomic E-state index is -3.68. The van der Waals surface area contributed by atoms with Crippen LogP contribution in [0, 0.1) is 0 Å². The van der Waals surface area contributed by atoms with Crippen molar-refractivity contribution in [3.63, 3.8) is 0 Å². The van der Waals surface area contributed by atoms with Crippen LogP contribution in [0.25, 0.3) is 11.0 Å². The smallest absolute Gasteiger partial charge is 0.269 e. The van der Waals surface area contributed by atoms with Gasteiger partial charge in [-0.3, -0.25) is 9.97 Å². The van der Waals surface area contributed by atoms with Crippen molar-refractivity contribution in [2.75, 3.05) is 13.1 Å². The monoisotopic (exact) mass is 342 g/mol. The molecule has 4 rings (SSSR count). The van der Waals surface area contributed by atoms with Gasteiger partial charge in [0.1, 0.15) is 4.90 Å². The van der Waals surface area contributed by atoms with E-state index >= 15 is 0 Å². The molecule has 0 aromatic carbocycles. The van der Waals surface area contributed by atoms with Gasteiger partial charge in [0.05, 0.1) is 11.0 Å². The summed E-state index contributed by atoms with van der Waals surface area (Å²) in [6, 6.07) is 6.77. The van der Waals surface area contributed by atoms with Crippen molar-refractivity contribution < 1.29 is 8.42 Å². The number of rotatable bonds is 3. The number of fused-ring (bicyclic) bond motifs is 1. The topological polar surface area (TPSA) is 76.9 Å². The fourth-order valence-electron chi connectivity index (χ4n) is 3.30. The number of aromatic nitrogens is 3. The molecule has 1 saturated heterocycles. The van der Waals surface area contributed by atoms with Gasteiger partial charge in [0.15, 0.2) is 0 Å². The Morgan fingerprint density at radius 3 is 2.67 bits per heavy atom. The third-order valence-corrected chi connectivity index (χ3v) is 6.18. The third-order valence-electron chi connectivity index (χ3n) is 4.52. The molecule has 3 aromatic rings. The molecule has 4 heterocycles. The highest BCUT2D eigenvalue weighted by Crippen LogP contribution is 2.33. The lowest BCUT2D eigenvalue weighted by Crippen LogP contribution is -2.26. The van der Waals surface area contributed by atoms with Crippen LogP contribution in [-0.2, 0) is 10.0 Å². The molecule has 1 N–H and O–H groups in total. The molecule has 0 amide bonds. The van der Waals surface area contributed by atoms with E-state index in [0.717, 1.165) is 37.0 Å². The first-order valence-electron chi connectivity index (χ1n) is 8.00. The summed E-state index contributed by atoms with van der Waals surface area (Å²) < 4.78 is 27.4. The third kappa shape index (κ3) is 2.50. The molecular formula is C17H18N4O2S. The van der Waals surface area contributed by atoms with Crippen LogP contribution in [0.15, 0.2) is 53.9 Å². The Morgan fingerprint density at radius 2 is 1.92 bits per heavy atom. The van der Waals surface area contributed by atoms with Gasteiger partial charge in [-0.25, -0.2) is 12.4 Å². The molecule has 0 saturated carbocycles. The molecule has 0 radical (unpaired) electrons. The van der Waals surface area contributed by atoms with Gasteiger partial charge >= 0.3 is 0 Å². The van der Waals surface area contributed by atoms with Crippen molar-refractivity contribution in [2.24, 2.45) is 0 Å². The molecule has 124 valence electrons. The summed E-state index contributed by atoms with van der Waals surface area (Å²) >= 11 is 0. The second-order valence-corrected chi connectivity index (χ2v) is 7.78. The van der Waals surface area contributed by atoms with E-state index in [1.165, 1.54) is 10.2 Å². The van der Waals surface area contributed by atoms with Crippen molar-refractivity contribution in [1.29, 1.82) is 0 Å². The van der Waals surface area contributed by atoms with Gasteiger partial charge in [0.2, 0.25) is 0 Å². The van der Waals surface area contributed by atoms with Gasteiger partial charge in [0.25, 0.3) is 10.0 Å². The Labute approximate surface area is 140 Å². The quantitative estimate of drug-likeness (QED) is 0.789. The lowest BCUT2D eigenvalue weighted by atomic mass is 9.91. The van der Waals surface area contributed by atoms with Crippen molar-refractivity contribution in [3.05, 3.63) is 54.6 Å². The second-order valence-electron chi connectivity index (χ2n) is 5.97. The van der Waals surface area contributed by atoms with Crippen LogP contribution in [0.1, 0.15) is 24.3 Å². The molecule has 0 unspecified atom stereocenters. The number of nitrogens with one attached hydrogen (secondary N) is 1. The lowest BCUT2D eigenvalue weighted by molar-refractivity contribution is 0.462. The first-order valence-corrected chi connectivity index (χ1v) is 9.44. The molecular weight excluding hydrogens is 324 g/mol. The summed E-state index contributed by atoms with van der Waals surface area (Å²) in [6.07, 6.45) is 8.38. The highest BCUT2D eigenvalue weighted by atomic mass is 32.2. The van der Waals surface area contributed by atoms with Crippen LogP contribution in [-0.4, -0.2) is 35.4 Å². The number of hydrogen-bond donors (Lipinski definition) is 1. The van der Waals surface area contributed by atoms with Crippen molar-refractivity contribution in [2.45, 2.75) is 23.7 Å². The van der Waals surface area contributed by atoms with Crippen molar-refractivity contribution in [3.8, 4) is 0 Å². The minimum absolute atomic E-state index is 0.183. The van der Waals surface area contributed by atoms with E-state index in [2.05, 4.69) is 15.3 Å². The normalized spacial score (nSPS) is 16.5. The summed E-state index contributed by atoms with van der Waals surface area (Å²) in [6.45, 7) is 1.89. The number of nitrogens with zero attached hydrogens (tertiary/aromatic N) is 3. The predicted octanol–water partition coefficient (Wildman–Crippen LogP) is 2.14. The fraction of sp³-hybridized carbons (Fsp3) is 0.294. The van der Waals surface area contributed by atoms with E-state index in [9.17, 15) is 8.42 Å². The SMILES string of the molecule is O=S(=O)(c1cccnc1)n1cc(C2CCNCC2)c2ncccc21. The van der Waals surface area contributed by atoms with E-state index < -0.39 is 10.0 Å². The molecule has 0 aliphatic carbocycles. The standard InChI is InChI=1S/C17H18N4O2S/c22-24(23,14-3-1-7-19-11-14)21-12-15(13-5-9-18-10-6-13)17-16(21)4-2-8-20-17/h1-4,7-8,11-13,18H,5-6,9-10H2. The Balaban J connectivity index is 1.90. The zero-order valence-electron chi connectivity index (χ0n) is 13.1. The van der Waals surface area contributed by atoms with Crippen LogP contribution < -0.4 is 5.32 Å². The van der Waals surface area contributed by atoms with E-state index in [0.29, 0.717) is 11.4 Å². The highest BCUT2D eigenvalue weighted by Gasteiger charge is 2.26. The molecule has 0 spiro atoms. The van der Waals surface area contributed by atoms with Crippen LogP contribution in [0.4, 0.5) is 0 Å². The Bertz CT molecular complexity index is 961. The zero-order valence-corrected chi connectivity index (χ0v) is 13.9. The first-order chi connectivity index (χ1) is 11.7. The highest BCUT2D eigenvalue weighted by molar-refractivity contribution is 7.90. The van der Waals surface area contributed by atoms with E-state index in [1.54, 1.807) is 42.9 Å². The lowest BCUT2D eigenvalue weighted by Gasteiger charge is -2.21. The second kappa shape index (κ2) is 5.99. The summed E-state index contributed by atoms with van der Waals surface area (Å²) in [5, 5.41) is 3.34. The molecule has 1 fully saturated rings. The number of piperidine rings is 1. The molecule has 1 aliphatic heterocycles. The van der Waals surface area contributed by atoms with Crippen molar-refractivity contribution in [1.82, 2.24) is 19.3 Å². The van der Waals surface area contributed by atoms with E-state index in [1.807, 2.05) is 0 Å². The van der Waals surface area contributed by atoms with Crippen LogP contribution in [0.3, 0.4) is 0 Å². The van der Waals surface area contributed by atoms with Gasteiger partial charge in [-0.15, -0.1) is 0 Å². The average molecular weight is 342 g/mol.